The Kier molecular flexibility index (Phi) is 3.39. The number of para-hydroxylation sites is 1. The van der Waals surface area contributed by atoms with Crippen LogP contribution < -0.4 is 15.2 Å². The van der Waals surface area contributed by atoms with Crippen LogP contribution in [0.25, 0.3) is 0 Å². The van der Waals surface area contributed by atoms with Gasteiger partial charge in [-0.2, -0.15) is 0 Å². The fourth-order valence-electron chi connectivity index (χ4n) is 2.40. The molecular weight excluding hydrogens is 270 g/mol. The van der Waals surface area contributed by atoms with Gasteiger partial charge >= 0.3 is 5.97 Å². The summed E-state index contributed by atoms with van der Waals surface area (Å²) in [6, 6.07) is 12.4. The maximum atomic E-state index is 11.2. The predicted molar refractivity (Wildman–Crippen MR) is 78.0 cm³/mol. The van der Waals surface area contributed by atoms with Gasteiger partial charge in [-0.3, -0.25) is 0 Å². The third-order valence-corrected chi connectivity index (χ3v) is 3.47. The second kappa shape index (κ2) is 5.36. The van der Waals surface area contributed by atoms with Crippen LogP contribution in [0, 0.1) is 0 Å². The number of nitrogen functional groups attached to an aromatic ring is 1. The zero-order valence-corrected chi connectivity index (χ0v) is 11.3. The van der Waals surface area contributed by atoms with Crippen molar-refractivity contribution in [3.63, 3.8) is 0 Å². The molecule has 0 bridgehead atoms. The molecule has 21 heavy (non-hydrogen) atoms. The van der Waals surface area contributed by atoms with Gasteiger partial charge in [-0.1, -0.05) is 18.2 Å². The van der Waals surface area contributed by atoms with Crippen LogP contribution in [0.4, 0.5) is 5.69 Å². The van der Waals surface area contributed by atoms with Crippen LogP contribution in [0.5, 0.6) is 11.5 Å². The molecule has 5 nitrogen and oxygen atoms in total. The molecule has 1 unspecified atom stereocenters. The first-order valence-electron chi connectivity index (χ1n) is 6.62. The third-order valence-electron chi connectivity index (χ3n) is 3.47. The topological polar surface area (TPSA) is 81.8 Å². The van der Waals surface area contributed by atoms with Crippen molar-refractivity contribution in [2.24, 2.45) is 0 Å². The van der Waals surface area contributed by atoms with Gasteiger partial charge in [-0.05, 0) is 24.3 Å². The van der Waals surface area contributed by atoms with Gasteiger partial charge in [0.05, 0.1) is 19.1 Å². The Morgan fingerprint density at radius 2 is 2.14 bits per heavy atom. The number of carbonyl (C=O) groups is 1. The minimum absolute atomic E-state index is 0.0715. The summed E-state index contributed by atoms with van der Waals surface area (Å²) in [6.45, 7) is 0.901. The molecule has 0 saturated heterocycles. The molecule has 3 rings (SSSR count). The number of anilines is 1. The Morgan fingerprint density at radius 3 is 2.95 bits per heavy atom. The molecule has 1 aliphatic heterocycles. The third kappa shape index (κ3) is 2.63. The van der Waals surface area contributed by atoms with Crippen molar-refractivity contribution in [3.8, 4) is 11.5 Å². The number of hydrogen-bond acceptors (Lipinski definition) is 4. The number of carboxylic acid groups (broad SMARTS) is 1. The fourth-order valence-corrected chi connectivity index (χ4v) is 2.40. The van der Waals surface area contributed by atoms with Crippen molar-refractivity contribution < 1.29 is 19.4 Å². The average molecular weight is 285 g/mol. The Bertz CT molecular complexity index is 684. The Balaban J connectivity index is 1.76. The largest absolute Gasteiger partial charge is 0.493 e. The summed E-state index contributed by atoms with van der Waals surface area (Å²) in [5, 5.41) is 9.18. The molecule has 5 heteroatoms. The number of rotatable bonds is 4. The zero-order chi connectivity index (χ0) is 14.8. The average Bonchev–Trinajstić information content (AvgIpc) is 2.89. The van der Waals surface area contributed by atoms with E-state index in [-0.39, 0.29) is 11.5 Å². The highest BCUT2D eigenvalue weighted by molar-refractivity contribution is 5.92. The van der Waals surface area contributed by atoms with E-state index in [1.165, 1.54) is 6.07 Å². The quantitative estimate of drug-likeness (QED) is 0.843. The number of benzene rings is 2. The van der Waals surface area contributed by atoms with E-state index in [1.54, 1.807) is 12.1 Å². The molecule has 1 heterocycles. The molecular formula is C16H15NO4. The van der Waals surface area contributed by atoms with Crippen LogP contribution >= 0.6 is 0 Å². The molecule has 1 aliphatic rings. The standard InChI is InChI=1S/C16H15NO4/c17-11-5-6-15(13(7-11)16(18)19)21-9-10-8-20-14-4-2-1-3-12(10)14/h1-7,10H,8-9,17H2,(H,18,19). The number of hydrogen-bond donors (Lipinski definition) is 2. The zero-order valence-electron chi connectivity index (χ0n) is 11.3. The number of ether oxygens (including phenoxy) is 2. The van der Waals surface area contributed by atoms with Crippen LogP contribution in [-0.4, -0.2) is 24.3 Å². The molecule has 0 saturated carbocycles. The summed E-state index contributed by atoms with van der Waals surface area (Å²) in [7, 11) is 0. The fraction of sp³-hybridized carbons (Fsp3) is 0.188. The monoisotopic (exact) mass is 285 g/mol. The smallest absolute Gasteiger partial charge is 0.339 e. The first kappa shape index (κ1) is 13.3. The SMILES string of the molecule is Nc1ccc(OCC2COc3ccccc32)c(C(=O)O)c1. The van der Waals surface area contributed by atoms with Crippen LogP contribution in [0.2, 0.25) is 0 Å². The van der Waals surface area contributed by atoms with E-state index < -0.39 is 5.97 Å². The van der Waals surface area contributed by atoms with Crippen molar-refractivity contribution in [2.45, 2.75) is 5.92 Å². The summed E-state index contributed by atoms with van der Waals surface area (Å²) in [6.07, 6.45) is 0. The van der Waals surface area contributed by atoms with Crippen LogP contribution in [0.15, 0.2) is 42.5 Å². The highest BCUT2D eigenvalue weighted by Crippen LogP contribution is 2.34. The summed E-state index contributed by atoms with van der Waals surface area (Å²) in [4.78, 5) is 11.2. The summed E-state index contributed by atoms with van der Waals surface area (Å²) < 4.78 is 11.3. The van der Waals surface area contributed by atoms with Gasteiger partial charge in [0.1, 0.15) is 17.1 Å². The van der Waals surface area contributed by atoms with E-state index in [1.807, 2.05) is 24.3 Å². The highest BCUT2D eigenvalue weighted by atomic mass is 16.5. The number of carboxylic acids is 1. The van der Waals surface area contributed by atoms with E-state index in [0.29, 0.717) is 24.7 Å². The summed E-state index contributed by atoms with van der Waals surface area (Å²) in [5.74, 6) is 0.226. The lowest BCUT2D eigenvalue weighted by Crippen LogP contribution is -2.13. The lowest BCUT2D eigenvalue weighted by molar-refractivity contribution is 0.0692. The van der Waals surface area contributed by atoms with E-state index >= 15 is 0 Å². The van der Waals surface area contributed by atoms with Gasteiger partial charge in [0.25, 0.3) is 0 Å². The molecule has 0 radical (unpaired) electrons. The molecule has 2 aromatic rings. The van der Waals surface area contributed by atoms with Crippen molar-refractivity contribution in [1.29, 1.82) is 0 Å². The molecule has 0 amide bonds. The molecule has 1 atom stereocenters. The van der Waals surface area contributed by atoms with Crippen molar-refractivity contribution in [2.75, 3.05) is 18.9 Å². The molecule has 0 aromatic heterocycles. The molecule has 108 valence electrons. The lowest BCUT2D eigenvalue weighted by atomic mass is 10.0. The molecule has 2 aromatic carbocycles. The van der Waals surface area contributed by atoms with Crippen LogP contribution in [0.1, 0.15) is 21.8 Å². The number of aromatic carboxylic acids is 1. The second-order valence-electron chi connectivity index (χ2n) is 4.92. The Hall–Kier alpha value is -2.69. The van der Waals surface area contributed by atoms with Gasteiger partial charge in [0.15, 0.2) is 0 Å². The van der Waals surface area contributed by atoms with E-state index in [2.05, 4.69) is 0 Å². The van der Waals surface area contributed by atoms with Crippen molar-refractivity contribution >= 4 is 11.7 Å². The Labute approximate surface area is 121 Å². The first-order valence-corrected chi connectivity index (χ1v) is 6.62. The number of fused-ring (bicyclic) bond motifs is 1. The molecule has 0 fully saturated rings. The van der Waals surface area contributed by atoms with Gasteiger partial charge in [-0.15, -0.1) is 0 Å². The van der Waals surface area contributed by atoms with Gasteiger partial charge in [0, 0.05) is 11.3 Å². The minimum Gasteiger partial charge on any atom is -0.493 e. The molecule has 3 N–H and O–H groups in total. The maximum absolute atomic E-state index is 11.2. The van der Waals surface area contributed by atoms with Crippen LogP contribution in [-0.2, 0) is 0 Å². The van der Waals surface area contributed by atoms with Crippen molar-refractivity contribution in [3.05, 3.63) is 53.6 Å². The predicted octanol–water partition coefficient (Wildman–Crippen LogP) is 2.52. The molecule has 0 aliphatic carbocycles. The second-order valence-corrected chi connectivity index (χ2v) is 4.92. The lowest BCUT2D eigenvalue weighted by Gasteiger charge is -2.13. The van der Waals surface area contributed by atoms with E-state index in [4.69, 9.17) is 15.2 Å². The maximum Gasteiger partial charge on any atom is 0.339 e. The normalized spacial score (nSPS) is 16.1. The Morgan fingerprint density at radius 1 is 1.33 bits per heavy atom. The van der Waals surface area contributed by atoms with Gasteiger partial charge in [-0.25, -0.2) is 4.79 Å². The highest BCUT2D eigenvalue weighted by Gasteiger charge is 2.24. The van der Waals surface area contributed by atoms with Crippen LogP contribution in [0.3, 0.4) is 0 Å². The van der Waals surface area contributed by atoms with Gasteiger partial charge in [0.2, 0.25) is 0 Å². The number of nitrogens with two attached hydrogens (primary N) is 1. The van der Waals surface area contributed by atoms with E-state index in [9.17, 15) is 9.90 Å². The summed E-state index contributed by atoms with van der Waals surface area (Å²) in [5.41, 5.74) is 7.16. The van der Waals surface area contributed by atoms with E-state index in [0.717, 1.165) is 11.3 Å². The van der Waals surface area contributed by atoms with Gasteiger partial charge < -0.3 is 20.3 Å². The first-order chi connectivity index (χ1) is 10.1. The van der Waals surface area contributed by atoms with Crippen molar-refractivity contribution in [1.82, 2.24) is 0 Å². The molecule has 0 spiro atoms. The summed E-state index contributed by atoms with van der Waals surface area (Å²) >= 11 is 0. The minimum atomic E-state index is -1.06.